The van der Waals surface area contributed by atoms with Crippen LogP contribution in [0.2, 0.25) is 0 Å². The number of allylic oxidation sites excluding steroid dienone is 1. The van der Waals surface area contributed by atoms with E-state index in [0.29, 0.717) is 17.7 Å². The van der Waals surface area contributed by atoms with E-state index in [1.807, 2.05) is 13.0 Å². The van der Waals surface area contributed by atoms with E-state index in [0.717, 1.165) is 17.2 Å². The van der Waals surface area contributed by atoms with Crippen LogP contribution in [0.15, 0.2) is 43.0 Å². The third-order valence-electron chi connectivity index (χ3n) is 3.62. The molecule has 0 aliphatic rings. The van der Waals surface area contributed by atoms with E-state index in [9.17, 15) is 8.78 Å². The van der Waals surface area contributed by atoms with Crippen molar-refractivity contribution in [3.8, 4) is 0 Å². The van der Waals surface area contributed by atoms with E-state index in [1.165, 1.54) is 24.3 Å². The Bertz CT molecular complexity index is 792. The van der Waals surface area contributed by atoms with Gasteiger partial charge in [0.25, 0.3) is 0 Å². The first-order valence-electron chi connectivity index (χ1n) is 7.23. The molecule has 0 atom stereocenters. The van der Waals surface area contributed by atoms with Gasteiger partial charge in [0.15, 0.2) is 0 Å². The summed E-state index contributed by atoms with van der Waals surface area (Å²) in [6.45, 7) is 5.74. The van der Waals surface area contributed by atoms with Crippen molar-refractivity contribution < 1.29 is 8.78 Å². The fourth-order valence-corrected chi connectivity index (χ4v) is 2.47. The van der Waals surface area contributed by atoms with Crippen LogP contribution in [0.4, 0.5) is 14.5 Å². The standard InChI is InChI=1S/C19H18F2N2/c1-3-12-6-9-17(22)19(15(12)4-2)18(23)10-7-13-5-8-14(20)11-16(13)21/h3,5-11,23H,1,4,22H2,2H3/b10-7+,23-18?. The molecule has 0 unspecified atom stereocenters. The van der Waals surface area contributed by atoms with Crippen LogP contribution >= 0.6 is 0 Å². The summed E-state index contributed by atoms with van der Waals surface area (Å²) in [5, 5.41) is 8.25. The largest absolute Gasteiger partial charge is 0.398 e. The average Bonchev–Trinajstić information content (AvgIpc) is 2.53. The Hall–Kier alpha value is -2.75. The number of hydrogen-bond acceptors (Lipinski definition) is 2. The quantitative estimate of drug-likeness (QED) is 0.603. The number of nitrogens with one attached hydrogen (secondary N) is 1. The predicted molar refractivity (Wildman–Crippen MR) is 92.5 cm³/mol. The highest BCUT2D eigenvalue weighted by molar-refractivity contribution is 6.13. The molecule has 4 heteroatoms. The molecule has 3 N–H and O–H groups in total. The zero-order valence-corrected chi connectivity index (χ0v) is 12.9. The van der Waals surface area contributed by atoms with Crippen molar-refractivity contribution in [1.29, 1.82) is 5.41 Å². The van der Waals surface area contributed by atoms with Gasteiger partial charge in [-0.25, -0.2) is 8.78 Å². The predicted octanol–water partition coefficient (Wildman–Crippen LogP) is 4.83. The Morgan fingerprint density at radius 2 is 1.91 bits per heavy atom. The van der Waals surface area contributed by atoms with Gasteiger partial charge < -0.3 is 11.1 Å². The zero-order valence-electron chi connectivity index (χ0n) is 12.9. The molecular formula is C19H18F2N2. The molecule has 2 aromatic carbocycles. The van der Waals surface area contributed by atoms with Gasteiger partial charge in [0, 0.05) is 22.9 Å². The molecule has 2 rings (SSSR count). The van der Waals surface area contributed by atoms with Gasteiger partial charge in [-0.3, -0.25) is 0 Å². The summed E-state index contributed by atoms with van der Waals surface area (Å²) < 4.78 is 26.6. The SMILES string of the molecule is C=Cc1ccc(N)c(C(=N)/C=C/c2ccc(F)cc2F)c1CC. The number of nitrogens with two attached hydrogens (primary N) is 1. The first-order valence-corrected chi connectivity index (χ1v) is 7.23. The monoisotopic (exact) mass is 312 g/mol. The first kappa shape index (κ1) is 16.6. The number of rotatable bonds is 5. The molecule has 118 valence electrons. The molecule has 0 spiro atoms. The van der Waals surface area contributed by atoms with Crippen LogP contribution in [0, 0.1) is 17.0 Å². The van der Waals surface area contributed by atoms with Crippen LogP contribution in [-0.2, 0) is 6.42 Å². The van der Waals surface area contributed by atoms with Crippen molar-refractivity contribution in [2.45, 2.75) is 13.3 Å². The van der Waals surface area contributed by atoms with E-state index < -0.39 is 11.6 Å². The Morgan fingerprint density at radius 1 is 1.22 bits per heavy atom. The van der Waals surface area contributed by atoms with Crippen molar-refractivity contribution in [1.82, 2.24) is 0 Å². The fraction of sp³-hybridized carbons (Fsp3) is 0.105. The van der Waals surface area contributed by atoms with E-state index in [1.54, 1.807) is 12.1 Å². The molecule has 23 heavy (non-hydrogen) atoms. The summed E-state index contributed by atoms with van der Waals surface area (Å²) in [4.78, 5) is 0. The Morgan fingerprint density at radius 3 is 2.52 bits per heavy atom. The normalized spacial score (nSPS) is 10.9. The number of hydrogen-bond donors (Lipinski definition) is 2. The summed E-state index contributed by atoms with van der Waals surface area (Å²) in [5.74, 6) is -1.30. The van der Waals surface area contributed by atoms with Gasteiger partial charge in [0.05, 0.1) is 5.71 Å². The highest BCUT2D eigenvalue weighted by Gasteiger charge is 2.12. The summed E-state index contributed by atoms with van der Waals surface area (Å²) in [5.41, 5.74) is 9.34. The highest BCUT2D eigenvalue weighted by atomic mass is 19.1. The van der Waals surface area contributed by atoms with E-state index in [2.05, 4.69) is 6.58 Å². The van der Waals surface area contributed by atoms with Crippen LogP contribution in [0.1, 0.15) is 29.2 Å². The molecule has 0 amide bonds. The first-order chi connectivity index (χ1) is 11.0. The maximum atomic E-state index is 13.6. The number of nitrogen functional groups attached to an aromatic ring is 1. The molecule has 0 saturated carbocycles. The molecular weight excluding hydrogens is 294 g/mol. The molecule has 0 heterocycles. The lowest BCUT2D eigenvalue weighted by molar-refractivity contribution is 0.581. The Kier molecular flexibility index (Phi) is 5.06. The third-order valence-corrected chi connectivity index (χ3v) is 3.62. The van der Waals surface area contributed by atoms with Crippen molar-refractivity contribution in [3.05, 3.63) is 76.9 Å². The molecule has 0 radical (unpaired) electrons. The second-order valence-corrected chi connectivity index (χ2v) is 5.07. The van der Waals surface area contributed by atoms with E-state index >= 15 is 0 Å². The van der Waals surface area contributed by atoms with Gasteiger partial charge in [-0.2, -0.15) is 0 Å². The lowest BCUT2D eigenvalue weighted by Gasteiger charge is -2.13. The fourth-order valence-electron chi connectivity index (χ4n) is 2.47. The van der Waals surface area contributed by atoms with Gasteiger partial charge in [-0.15, -0.1) is 0 Å². The van der Waals surface area contributed by atoms with E-state index in [4.69, 9.17) is 11.1 Å². The van der Waals surface area contributed by atoms with E-state index in [-0.39, 0.29) is 11.3 Å². The maximum Gasteiger partial charge on any atom is 0.133 e. The highest BCUT2D eigenvalue weighted by Crippen LogP contribution is 2.24. The van der Waals surface area contributed by atoms with Crippen LogP contribution in [-0.4, -0.2) is 5.71 Å². The van der Waals surface area contributed by atoms with Crippen molar-refractivity contribution in [2.24, 2.45) is 0 Å². The van der Waals surface area contributed by atoms with Crippen LogP contribution < -0.4 is 5.73 Å². The minimum atomic E-state index is -0.669. The van der Waals surface area contributed by atoms with Crippen LogP contribution in [0.5, 0.6) is 0 Å². The van der Waals surface area contributed by atoms with Gasteiger partial charge in [-0.1, -0.05) is 25.6 Å². The van der Waals surface area contributed by atoms with Gasteiger partial charge >= 0.3 is 0 Å². The van der Waals surface area contributed by atoms with Crippen molar-refractivity contribution in [2.75, 3.05) is 5.73 Å². The average molecular weight is 312 g/mol. The molecule has 0 fully saturated rings. The van der Waals surface area contributed by atoms with Crippen LogP contribution in [0.3, 0.4) is 0 Å². The summed E-state index contributed by atoms with van der Waals surface area (Å²) >= 11 is 0. The number of halogens is 2. The molecule has 2 aromatic rings. The Labute approximate surface area is 134 Å². The maximum absolute atomic E-state index is 13.6. The summed E-state index contributed by atoms with van der Waals surface area (Å²) in [6.07, 6.45) is 5.33. The molecule has 0 aromatic heterocycles. The Balaban J connectivity index is 2.41. The molecule has 0 aliphatic heterocycles. The minimum Gasteiger partial charge on any atom is -0.398 e. The minimum absolute atomic E-state index is 0.173. The van der Waals surface area contributed by atoms with Crippen LogP contribution in [0.25, 0.3) is 12.2 Å². The van der Waals surface area contributed by atoms with Gasteiger partial charge in [-0.05, 0) is 47.9 Å². The second kappa shape index (κ2) is 7.01. The molecule has 2 nitrogen and oxygen atoms in total. The number of benzene rings is 2. The topological polar surface area (TPSA) is 49.9 Å². The third kappa shape index (κ3) is 3.54. The van der Waals surface area contributed by atoms with Crippen molar-refractivity contribution in [3.63, 3.8) is 0 Å². The number of anilines is 1. The van der Waals surface area contributed by atoms with Gasteiger partial charge in [0.1, 0.15) is 11.6 Å². The van der Waals surface area contributed by atoms with Crippen molar-refractivity contribution >= 4 is 23.6 Å². The summed E-state index contributed by atoms with van der Waals surface area (Å²) in [7, 11) is 0. The molecule has 0 saturated heterocycles. The lowest BCUT2D eigenvalue weighted by atomic mass is 9.93. The smallest absolute Gasteiger partial charge is 0.133 e. The molecule has 0 aliphatic carbocycles. The summed E-state index contributed by atoms with van der Waals surface area (Å²) in [6, 6.07) is 6.91. The molecule has 0 bridgehead atoms. The van der Waals surface area contributed by atoms with Gasteiger partial charge in [0.2, 0.25) is 0 Å². The lowest BCUT2D eigenvalue weighted by Crippen LogP contribution is -2.07. The second-order valence-electron chi connectivity index (χ2n) is 5.07. The zero-order chi connectivity index (χ0) is 17.0.